The van der Waals surface area contributed by atoms with Gasteiger partial charge in [-0.15, -0.1) is 11.8 Å². The number of nitrogen functional groups attached to an aromatic ring is 1. The topological polar surface area (TPSA) is 151 Å². The number of hydrogen-bond donors (Lipinski definition) is 3. The van der Waals surface area contributed by atoms with Crippen LogP contribution in [0.4, 0.5) is 5.13 Å². The molecule has 14 heteroatoms. The van der Waals surface area contributed by atoms with E-state index in [0.29, 0.717) is 21.7 Å². The predicted molar refractivity (Wildman–Crippen MR) is 136 cm³/mol. The summed E-state index contributed by atoms with van der Waals surface area (Å²) in [5.41, 5.74) is 8.91. The number of halogens is 1. The Balaban J connectivity index is 1.37. The molecule has 0 unspecified atom stereocenters. The Kier molecular flexibility index (Phi) is 6.74. The summed E-state index contributed by atoms with van der Waals surface area (Å²) in [6, 6.07) is 3.16. The highest BCUT2D eigenvalue weighted by atomic mass is 79.9. The van der Waals surface area contributed by atoms with Crippen LogP contribution < -0.4 is 15.6 Å². The molecule has 2 aromatic rings. The van der Waals surface area contributed by atoms with Gasteiger partial charge in [0.05, 0.1) is 0 Å². The Hall–Kier alpha value is -2.97. The first-order valence-corrected chi connectivity index (χ1v) is 13.7. The van der Waals surface area contributed by atoms with Crippen LogP contribution in [0.5, 0.6) is 0 Å². The van der Waals surface area contributed by atoms with Crippen LogP contribution in [0, 0.1) is 0 Å². The van der Waals surface area contributed by atoms with Crippen LogP contribution in [-0.2, 0) is 38.6 Å². The molecule has 0 saturated carbocycles. The summed E-state index contributed by atoms with van der Waals surface area (Å²) in [5, 5.41) is 16.1. The molecule has 1 fully saturated rings. The smallest absolute Gasteiger partial charge is 0.352 e. The first-order chi connectivity index (χ1) is 17.3. The second-order valence-electron chi connectivity index (χ2n) is 8.38. The number of nitrogens with one attached hydrogen (secondary N) is 1. The third-order valence-electron chi connectivity index (χ3n) is 6.26. The third kappa shape index (κ3) is 4.26. The molecule has 0 aromatic carbocycles. The zero-order valence-corrected chi connectivity index (χ0v) is 22.3. The Bertz CT molecular complexity index is 1340. The monoisotopic (exact) mass is 593 g/mol. The van der Waals surface area contributed by atoms with Gasteiger partial charge in [-0.1, -0.05) is 16.5 Å². The summed E-state index contributed by atoms with van der Waals surface area (Å²) in [5.74, 6) is -1.91. The number of carbonyl (C=O) groups excluding carboxylic acids is 2. The summed E-state index contributed by atoms with van der Waals surface area (Å²) in [6.07, 6.45) is 4.99. The maximum atomic E-state index is 13.1. The number of fused-ring (bicyclic) bond motifs is 2. The molecule has 0 spiro atoms. The number of nitrogens with zero attached hydrogens (tertiary/aromatic N) is 4. The molecule has 1 saturated heterocycles. The maximum absolute atomic E-state index is 13.1. The van der Waals surface area contributed by atoms with E-state index in [9.17, 15) is 19.5 Å². The number of carboxylic acid groups (broad SMARTS) is 1. The van der Waals surface area contributed by atoms with E-state index >= 15 is 0 Å². The van der Waals surface area contributed by atoms with Gasteiger partial charge in [0, 0.05) is 29.4 Å². The highest BCUT2D eigenvalue weighted by molar-refractivity contribution is 9.11. The molecule has 2 atom stereocenters. The summed E-state index contributed by atoms with van der Waals surface area (Å²) in [4.78, 5) is 48.5. The van der Waals surface area contributed by atoms with Crippen LogP contribution in [0.15, 0.2) is 38.5 Å². The number of thioether (sulfide) groups is 1. The molecular formula is C22H22BrN6O5S2+. The second-order valence-corrected chi connectivity index (χ2v) is 11.8. The van der Waals surface area contributed by atoms with E-state index in [1.165, 1.54) is 35.0 Å². The number of carboxylic acids is 1. The van der Waals surface area contributed by atoms with E-state index in [1.54, 1.807) is 0 Å². The number of anilines is 1. The molecule has 4 N–H and O–H groups in total. The molecule has 3 aliphatic rings. The van der Waals surface area contributed by atoms with Gasteiger partial charge in [-0.3, -0.25) is 14.5 Å². The quantitative estimate of drug-likeness (QED) is 0.186. The number of oxime groups is 1. The fourth-order valence-electron chi connectivity index (χ4n) is 4.73. The average Bonchev–Trinajstić information content (AvgIpc) is 3.46. The van der Waals surface area contributed by atoms with Crippen LogP contribution in [0.1, 0.15) is 23.4 Å². The number of hydrogen-bond acceptors (Lipinski definition) is 9. The Labute approximate surface area is 222 Å². The van der Waals surface area contributed by atoms with Crippen LogP contribution in [0.25, 0.3) is 0 Å². The predicted octanol–water partition coefficient (Wildman–Crippen LogP) is 1.05. The van der Waals surface area contributed by atoms with E-state index in [4.69, 9.17) is 10.6 Å². The van der Waals surface area contributed by atoms with Gasteiger partial charge in [0.15, 0.2) is 29.3 Å². The van der Waals surface area contributed by atoms with Crippen molar-refractivity contribution in [2.45, 2.75) is 37.2 Å². The van der Waals surface area contributed by atoms with Gasteiger partial charge in [-0.05, 0) is 34.8 Å². The number of β-lactam (4-membered cyclic amide) rings is 1. The molecule has 2 amide bonds. The minimum absolute atomic E-state index is 0.0156. The standard InChI is InChI=1S/C22H21BrN6O5S2/c1-34-27-14(13-17(23)36-22(24)26-13)18(30)25-15-19(31)29-16(21(32)33)11(9-35-20(15)29)8-28-7-3-5-10-4-2-6-12(10)28/h3,5,7,15,20H,2,4,6,8-9H2,1H3,(H3-,24,25,26,30,32,33)/p+1/b27-14-/t15-,20-/m1/s1. The molecule has 11 nitrogen and oxygen atoms in total. The lowest BCUT2D eigenvalue weighted by atomic mass is 10.0. The summed E-state index contributed by atoms with van der Waals surface area (Å²) in [6.45, 7) is 0.398. The van der Waals surface area contributed by atoms with E-state index in [0.717, 1.165) is 30.6 Å². The molecule has 2 aromatic heterocycles. The fraction of sp³-hybridized carbons (Fsp3) is 0.364. The molecule has 36 heavy (non-hydrogen) atoms. The molecule has 2 aliphatic heterocycles. The number of aromatic nitrogens is 2. The van der Waals surface area contributed by atoms with Crippen molar-refractivity contribution >= 4 is 67.7 Å². The van der Waals surface area contributed by atoms with Crippen LogP contribution in [-0.4, -0.2) is 62.8 Å². The molecule has 5 rings (SSSR count). The van der Waals surface area contributed by atoms with Crippen molar-refractivity contribution in [2.24, 2.45) is 5.16 Å². The third-order valence-corrected chi connectivity index (χ3v) is 9.14. The molecular weight excluding hydrogens is 572 g/mol. The van der Waals surface area contributed by atoms with Crippen molar-refractivity contribution in [1.29, 1.82) is 0 Å². The van der Waals surface area contributed by atoms with Gasteiger partial charge in [0.25, 0.3) is 11.8 Å². The lowest BCUT2D eigenvalue weighted by Crippen LogP contribution is -2.71. The number of rotatable bonds is 7. The van der Waals surface area contributed by atoms with Crippen molar-refractivity contribution in [3.63, 3.8) is 0 Å². The second kappa shape index (κ2) is 9.82. The van der Waals surface area contributed by atoms with Gasteiger partial charge in [-0.2, -0.15) is 4.57 Å². The van der Waals surface area contributed by atoms with Gasteiger partial charge in [0.2, 0.25) is 0 Å². The minimum atomic E-state index is -1.16. The van der Waals surface area contributed by atoms with E-state index < -0.39 is 29.2 Å². The minimum Gasteiger partial charge on any atom is -0.477 e. The van der Waals surface area contributed by atoms with E-state index in [2.05, 4.69) is 42.0 Å². The van der Waals surface area contributed by atoms with Gasteiger partial charge in [-0.25, -0.2) is 9.78 Å². The average molecular weight is 594 g/mol. The lowest BCUT2D eigenvalue weighted by molar-refractivity contribution is -0.696. The van der Waals surface area contributed by atoms with Crippen LogP contribution in [0.2, 0.25) is 0 Å². The molecule has 0 radical (unpaired) electrons. The van der Waals surface area contributed by atoms with Crippen molar-refractivity contribution < 1.29 is 28.9 Å². The van der Waals surface area contributed by atoms with E-state index in [1.807, 2.05) is 12.3 Å². The number of aryl methyl sites for hydroxylation is 1. The Morgan fingerprint density at radius 1 is 1.44 bits per heavy atom. The Morgan fingerprint density at radius 2 is 2.25 bits per heavy atom. The Morgan fingerprint density at radius 3 is 2.94 bits per heavy atom. The highest BCUT2D eigenvalue weighted by Gasteiger charge is 2.55. The number of thiazole rings is 1. The fourth-order valence-corrected chi connectivity index (χ4v) is 7.40. The number of amides is 2. The summed E-state index contributed by atoms with van der Waals surface area (Å²) >= 11 is 5.85. The van der Waals surface area contributed by atoms with Crippen molar-refractivity contribution in [1.82, 2.24) is 15.2 Å². The van der Waals surface area contributed by atoms with Crippen LogP contribution >= 0.6 is 39.0 Å². The lowest BCUT2D eigenvalue weighted by Gasteiger charge is -2.49. The van der Waals surface area contributed by atoms with Gasteiger partial charge < -0.3 is 21.0 Å². The largest absolute Gasteiger partial charge is 0.477 e. The van der Waals surface area contributed by atoms with Crippen molar-refractivity contribution in [2.75, 3.05) is 18.6 Å². The highest BCUT2D eigenvalue weighted by Crippen LogP contribution is 2.40. The van der Waals surface area contributed by atoms with Crippen molar-refractivity contribution in [3.05, 3.63) is 50.3 Å². The number of carbonyl (C=O) groups is 3. The van der Waals surface area contributed by atoms with Gasteiger partial charge >= 0.3 is 5.97 Å². The zero-order valence-electron chi connectivity index (χ0n) is 19.1. The number of pyridine rings is 1. The normalized spacial score (nSPS) is 21.1. The maximum Gasteiger partial charge on any atom is 0.352 e. The molecule has 4 heterocycles. The SMILES string of the molecule is CO/N=C(\C(=O)N[C@@H]1C(=O)N2C(C(=O)O)=C(C[n+]3cccc4c3CCC4)CS[C@H]12)c1nc(N)sc1Br. The summed E-state index contributed by atoms with van der Waals surface area (Å²) < 4.78 is 2.57. The number of aliphatic carboxylic acids is 1. The van der Waals surface area contributed by atoms with Crippen LogP contribution in [0.3, 0.4) is 0 Å². The molecule has 0 bridgehead atoms. The molecule has 1 aliphatic carbocycles. The zero-order chi connectivity index (χ0) is 25.6. The number of nitrogens with two attached hydrogens (primary N) is 1. The first kappa shape index (κ1) is 24.7. The van der Waals surface area contributed by atoms with Gasteiger partial charge in [0.1, 0.15) is 33.7 Å². The summed E-state index contributed by atoms with van der Waals surface area (Å²) in [7, 11) is 1.29. The molecule has 188 valence electrons. The van der Waals surface area contributed by atoms with Crippen molar-refractivity contribution in [3.8, 4) is 0 Å². The first-order valence-electron chi connectivity index (χ1n) is 11.0. The van der Waals surface area contributed by atoms with E-state index in [-0.39, 0.29) is 22.2 Å².